The topological polar surface area (TPSA) is 44.0 Å². The summed E-state index contributed by atoms with van der Waals surface area (Å²) >= 11 is 0. The van der Waals surface area contributed by atoms with Crippen molar-refractivity contribution in [3.8, 4) is 6.07 Å². The quantitative estimate of drug-likeness (QED) is 0.645. The van der Waals surface area contributed by atoms with Crippen LogP contribution in [0.25, 0.3) is 0 Å². The predicted octanol–water partition coefficient (Wildman–Crippen LogP) is 2.27. The molecule has 0 fully saturated rings. The fourth-order valence-corrected chi connectivity index (χ4v) is 0.710. The predicted molar refractivity (Wildman–Crippen MR) is 48.4 cm³/mol. The molecule has 1 N–H and O–H groups in total. The van der Waals surface area contributed by atoms with Crippen LogP contribution in [0.4, 0.5) is 0 Å². The van der Waals surface area contributed by atoms with E-state index in [9.17, 15) is 0 Å². The maximum absolute atomic E-state index is 8.97. The van der Waals surface area contributed by atoms with Gasteiger partial charge in [-0.25, -0.2) is 0 Å². The first-order chi connectivity index (χ1) is 5.84. The number of aliphatic hydroxyl groups excluding tert-OH is 1. The van der Waals surface area contributed by atoms with Crippen molar-refractivity contribution in [1.29, 1.82) is 5.26 Å². The molecule has 1 aromatic carbocycles. The highest BCUT2D eigenvalue weighted by atomic mass is 16.3. The van der Waals surface area contributed by atoms with Crippen LogP contribution in [0.1, 0.15) is 25.5 Å². The van der Waals surface area contributed by atoms with Crippen molar-refractivity contribution in [3.05, 3.63) is 35.9 Å². The van der Waals surface area contributed by atoms with E-state index in [0.717, 1.165) is 0 Å². The maximum Gasteiger partial charge on any atom is 0.165 e. The van der Waals surface area contributed by atoms with Gasteiger partial charge >= 0.3 is 0 Å². The van der Waals surface area contributed by atoms with E-state index in [0.29, 0.717) is 5.56 Å². The second-order valence-electron chi connectivity index (χ2n) is 1.94. The second-order valence-corrected chi connectivity index (χ2v) is 1.94. The van der Waals surface area contributed by atoms with Gasteiger partial charge in [0.1, 0.15) is 0 Å². The third kappa shape index (κ3) is 3.18. The summed E-state index contributed by atoms with van der Waals surface area (Å²) in [6.45, 7) is 4.00. The summed E-state index contributed by atoms with van der Waals surface area (Å²) in [5.74, 6) is 0. The Hall–Kier alpha value is -1.33. The fourth-order valence-electron chi connectivity index (χ4n) is 0.710. The molecule has 0 aliphatic rings. The molecule has 1 atom stereocenters. The zero-order valence-electron chi connectivity index (χ0n) is 7.36. The molecular formula is C10H13NO. The van der Waals surface area contributed by atoms with Crippen LogP contribution in [0.5, 0.6) is 0 Å². The third-order valence-electron chi connectivity index (χ3n) is 1.24. The lowest BCUT2D eigenvalue weighted by atomic mass is 10.1. The standard InChI is InChI=1S/C8H7NO.C2H6/c9-6-8(10)7-4-2-1-3-5-7;1-2/h1-5,8,10H;1-2H3. The SMILES string of the molecule is CC.N#CC(O)c1ccccc1. The first-order valence-electron chi connectivity index (χ1n) is 3.97. The van der Waals surface area contributed by atoms with Gasteiger partial charge in [0.2, 0.25) is 0 Å². The van der Waals surface area contributed by atoms with Crippen molar-refractivity contribution in [3.63, 3.8) is 0 Å². The van der Waals surface area contributed by atoms with Gasteiger partial charge in [-0.1, -0.05) is 44.2 Å². The van der Waals surface area contributed by atoms with Crippen LogP contribution in [-0.4, -0.2) is 5.11 Å². The van der Waals surface area contributed by atoms with Gasteiger partial charge in [0, 0.05) is 0 Å². The van der Waals surface area contributed by atoms with Gasteiger partial charge in [-0.15, -0.1) is 0 Å². The van der Waals surface area contributed by atoms with Gasteiger partial charge in [0.15, 0.2) is 6.10 Å². The molecular weight excluding hydrogens is 150 g/mol. The van der Waals surface area contributed by atoms with E-state index in [-0.39, 0.29) is 0 Å². The van der Waals surface area contributed by atoms with E-state index < -0.39 is 6.10 Å². The minimum absolute atomic E-state index is 0.644. The molecule has 2 heteroatoms. The summed E-state index contributed by atoms with van der Waals surface area (Å²) < 4.78 is 0. The lowest BCUT2D eigenvalue weighted by Crippen LogP contribution is -1.90. The Morgan fingerprint density at radius 2 is 1.75 bits per heavy atom. The number of benzene rings is 1. The van der Waals surface area contributed by atoms with Gasteiger partial charge < -0.3 is 5.11 Å². The van der Waals surface area contributed by atoms with E-state index >= 15 is 0 Å². The molecule has 1 unspecified atom stereocenters. The number of nitrogens with zero attached hydrogens (tertiary/aromatic N) is 1. The van der Waals surface area contributed by atoms with Crippen molar-refractivity contribution in [1.82, 2.24) is 0 Å². The van der Waals surface area contributed by atoms with Crippen molar-refractivity contribution in [2.75, 3.05) is 0 Å². The minimum atomic E-state index is -0.985. The lowest BCUT2D eigenvalue weighted by Gasteiger charge is -1.98. The van der Waals surface area contributed by atoms with Gasteiger partial charge in [0.05, 0.1) is 6.07 Å². The number of aliphatic hydroxyl groups is 1. The zero-order chi connectivity index (χ0) is 9.40. The molecule has 1 aromatic rings. The van der Waals surface area contributed by atoms with Gasteiger partial charge in [-0.05, 0) is 5.56 Å². The molecule has 1 rings (SSSR count). The molecule has 0 heterocycles. The molecule has 0 saturated heterocycles. The molecule has 0 bridgehead atoms. The molecule has 0 aliphatic heterocycles. The van der Waals surface area contributed by atoms with Crippen molar-refractivity contribution in [2.24, 2.45) is 0 Å². The average molecular weight is 163 g/mol. The molecule has 0 saturated carbocycles. The summed E-state index contributed by atoms with van der Waals surface area (Å²) in [5, 5.41) is 17.3. The Morgan fingerprint density at radius 3 is 2.17 bits per heavy atom. The largest absolute Gasteiger partial charge is 0.374 e. The first kappa shape index (κ1) is 10.7. The number of hydrogen-bond donors (Lipinski definition) is 1. The zero-order valence-corrected chi connectivity index (χ0v) is 7.36. The highest BCUT2D eigenvalue weighted by Gasteiger charge is 2.01. The number of nitriles is 1. The minimum Gasteiger partial charge on any atom is -0.374 e. The third-order valence-corrected chi connectivity index (χ3v) is 1.24. The van der Waals surface area contributed by atoms with Crippen LogP contribution in [0, 0.1) is 11.3 Å². The summed E-state index contributed by atoms with van der Waals surface area (Å²) in [4.78, 5) is 0. The van der Waals surface area contributed by atoms with Crippen LogP contribution in [0.3, 0.4) is 0 Å². The van der Waals surface area contributed by atoms with Crippen molar-refractivity contribution in [2.45, 2.75) is 20.0 Å². The van der Waals surface area contributed by atoms with E-state index in [4.69, 9.17) is 10.4 Å². The maximum atomic E-state index is 8.97. The Kier molecular flexibility index (Phi) is 5.68. The van der Waals surface area contributed by atoms with Crippen molar-refractivity contribution < 1.29 is 5.11 Å². The van der Waals surface area contributed by atoms with Gasteiger partial charge in [0.25, 0.3) is 0 Å². The van der Waals surface area contributed by atoms with E-state index in [1.54, 1.807) is 30.3 Å². The molecule has 0 amide bonds. The van der Waals surface area contributed by atoms with Gasteiger partial charge in [-0.2, -0.15) is 5.26 Å². The Labute approximate surface area is 73.1 Å². The van der Waals surface area contributed by atoms with Crippen LogP contribution in [0.2, 0.25) is 0 Å². The summed E-state index contributed by atoms with van der Waals surface area (Å²) in [6.07, 6.45) is -0.985. The molecule has 12 heavy (non-hydrogen) atoms. The van der Waals surface area contributed by atoms with Crippen LogP contribution in [-0.2, 0) is 0 Å². The monoisotopic (exact) mass is 163 g/mol. The molecule has 64 valence electrons. The van der Waals surface area contributed by atoms with Crippen molar-refractivity contribution >= 4 is 0 Å². The molecule has 0 radical (unpaired) electrons. The second kappa shape index (κ2) is 6.38. The number of rotatable bonds is 1. The summed E-state index contributed by atoms with van der Waals surface area (Å²) in [5.41, 5.74) is 0.644. The highest BCUT2D eigenvalue weighted by Crippen LogP contribution is 2.09. The summed E-state index contributed by atoms with van der Waals surface area (Å²) in [7, 11) is 0. The smallest absolute Gasteiger partial charge is 0.165 e. The molecule has 0 aromatic heterocycles. The molecule has 0 spiro atoms. The van der Waals surface area contributed by atoms with E-state index in [2.05, 4.69) is 0 Å². The Bertz CT molecular complexity index is 238. The van der Waals surface area contributed by atoms with Gasteiger partial charge in [-0.3, -0.25) is 0 Å². The summed E-state index contributed by atoms with van der Waals surface area (Å²) in [6, 6.07) is 10.6. The first-order valence-corrected chi connectivity index (χ1v) is 3.97. The van der Waals surface area contributed by atoms with E-state index in [1.165, 1.54) is 0 Å². The van der Waals surface area contributed by atoms with Crippen LogP contribution >= 0.6 is 0 Å². The number of hydrogen-bond acceptors (Lipinski definition) is 2. The fraction of sp³-hybridized carbons (Fsp3) is 0.300. The molecule has 0 aliphatic carbocycles. The van der Waals surface area contributed by atoms with E-state index in [1.807, 2.05) is 19.9 Å². The Morgan fingerprint density at radius 1 is 1.25 bits per heavy atom. The average Bonchev–Trinajstić information content (AvgIpc) is 2.21. The van der Waals surface area contributed by atoms with Crippen LogP contribution < -0.4 is 0 Å². The normalized spacial score (nSPS) is 10.5. The Balaban J connectivity index is 0.000000561. The highest BCUT2D eigenvalue weighted by molar-refractivity contribution is 5.21. The molecule has 2 nitrogen and oxygen atoms in total. The van der Waals surface area contributed by atoms with Crippen LogP contribution in [0.15, 0.2) is 30.3 Å². The lowest BCUT2D eigenvalue weighted by molar-refractivity contribution is 0.236.